The molecule has 0 aromatic heterocycles. The molecule has 2 N–H and O–H groups in total. The van der Waals surface area contributed by atoms with Crippen LogP contribution in [0.4, 0.5) is 5.69 Å². The second-order valence-electron chi connectivity index (χ2n) is 4.45. The molecule has 0 saturated heterocycles. The molecule has 1 heterocycles. The number of rotatable bonds is 2. The van der Waals surface area contributed by atoms with Crippen molar-refractivity contribution in [3.63, 3.8) is 0 Å². The molecule has 2 aromatic carbocycles. The van der Waals surface area contributed by atoms with Crippen LogP contribution in [0.2, 0.25) is 0 Å². The van der Waals surface area contributed by atoms with E-state index in [-0.39, 0.29) is 5.97 Å². The van der Waals surface area contributed by atoms with Gasteiger partial charge in [-0.05, 0) is 29.8 Å². The number of methoxy groups -OCH3 is 1. The molecule has 20 heavy (non-hydrogen) atoms. The van der Waals surface area contributed by atoms with Gasteiger partial charge in [0.15, 0.2) is 0 Å². The number of hydrogen-bond acceptors (Lipinski definition) is 4. The Morgan fingerprint density at radius 1 is 1.15 bits per heavy atom. The van der Waals surface area contributed by atoms with Crippen molar-refractivity contribution in [2.45, 2.75) is 0 Å². The molecule has 2 aromatic rings. The lowest BCUT2D eigenvalue weighted by Gasteiger charge is -2.05. The van der Waals surface area contributed by atoms with Crippen LogP contribution in [-0.4, -0.2) is 13.1 Å². The van der Waals surface area contributed by atoms with E-state index in [9.17, 15) is 4.79 Å². The second-order valence-corrected chi connectivity index (χ2v) is 4.45. The van der Waals surface area contributed by atoms with Gasteiger partial charge in [-0.1, -0.05) is 24.3 Å². The van der Waals surface area contributed by atoms with Crippen LogP contribution in [0.5, 0.6) is 5.75 Å². The first-order valence-corrected chi connectivity index (χ1v) is 6.16. The number of carbonyl (C=O) groups is 1. The number of anilines is 1. The summed E-state index contributed by atoms with van der Waals surface area (Å²) in [5.74, 6) is 0.833. The van der Waals surface area contributed by atoms with Crippen molar-refractivity contribution < 1.29 is 14.3 Å². The van der Waals surface area contributed by atoms with Crippen LogP contribution in [0.3, 0.4) is 0 Å². The highest BCUT2D eigenvalue weighted by Crippen LogP contribution is 2.32. The highest BCUT2D eigenvalue weighted by atomic mass is 16.5. The van der Waals surface area contributed by atoms with Gasteiger partial charge in [-0.2, -0.15) is 0 Å². The van der Waals surface area contributed by atoms with E-state index in [0.717, 1.165) is 11.1 Å². The van der Waals surface area contributed by atoms with Gasteiger partial charge >= 0.3 is 5.97 Å². The van der Waals surface area contributed by atoms with E-state index in [4.69, 9.17) is 15.2 Å². The SMILES string of the molecule is COc1ccc(C=C2OC(=O)c3ccccc32)cc1N. The van der Waals surface area contributed by atoms with Crippen LogP contribution in [0, 0.1) is 0 Å². The molecule has 0 amide bonds. The minimum absolute atomic E-state index is 0.326. The highest BCUT2D eigenvalue weighted by molar-refractivity contribution is 6.05. The van der Waals surface area contributed by atoms with Gasteiger partial charge in [-0.15, -0.1) is 0 Å². The van der Waals surface area contributed by atoms with Gasteiger partial charge in [0.05, 0.1) is 18.4 Å². The summed E-state index contributed by atoms with van der Waals surface area (Å²) in [4.78, 5) is 11.7. The number of benzene rings is 2. The summed E-state index contributed by atoms with van der Waals surface area (Å²) in [5, 5.41) is 0. The second kappa shape index (κ2) is 4.74. The van der Waals surface area contributed by atoms with Gasteiger partial charge in [-0.3, -0.25) is 0 Å². The number of cyclic esters (lactones) is 1. The van der Waals surface area contributed by atoms with Crippen LogP contribution in [0.1, 0.15) is 21.5 Å². The highest BCUT2D eigenvalue weighted by Gasteiger charge is 2.25. The van der Waals surface area contributed by atoms with Crippen molar-refractivity contribution in [2.24, 2.45) is 0 Å². The topological polar surface area (TPSA) is 61.5 Å². The summed E-state index contributed by atoms with van der Waals surface area (Å²) in [5.41, 5.74) is 8.64. The van der Waals surface area contributed by atoms with Crippen molar-refractivity contribution in [2.75, 3.05) is 12.8 Å². The molecule has 0 saturated carbocycles. The monoisotopic (exact) mass is 267 g/mol. The minimum atomic E-state index is -0.326. The third kappa shape index (κ3) is 2.01. The maximum absolute atomic E-state index is 11.7. The van der Waals surface area contributed by atoms with Crippen LogP contribution < -0.4 is 10.5 Å². The van der Waals surface area contributed by atoms with E-state index in [2.05, 4.69) is 0 Å². The minimum Gasteiger partial charge on any atom is -0.495 e. The number of esters is 1. The Balaban J connectivity index is 2.02. The maximum atomic E-state index is 11.7. The Morgan fingerprint density at radius 2 is 1.90 bits per heavy atom. The molecule has 0 bridgehead atoms. The van der Waals surface area contributed by atoms with E-state index in [1.807, 2.05) is 24.3 Å². The Labute approximate surface area is 116 Å². The van der Waals surface area contributed by atoms with E-state index in [1.165, 1.54) is 0 Å². The number of nitrogen functional groups attached to an aromatic ring is 1. The Kier molecular flexibility index (Phi) is 2.91. The van der Waals surface area contributed by atoms with Crippen LogP contribution in [0.15, 0.2) is 42.5 Å². The molecule has 0 unspecified atom stereocenters. The molecule has 0 radical (unpaired) electrons. The third-order valence-electron chi connectivity index (χ3n) is 3.17. The van der Waals surface area contributed by atoms with E-state index in [1.54, 1.807) is 31.4 Å². The summed E-state index contributed by atoms with van der Waals surface area (Å²) < 4.78 is 10.4. The maximum Gasteiger partial charge on any atom is 0.344 e. The molecule has 1 aliphatic rings. The van der Waals surface area contributed by atoms with Gasteiger partial charge < -0.3 is 15.2 Å². The van der Waals surface area contributed by atoms with Gasteiger partial charge in [-0.25, -0.2) is 4.79 Å². The number of ether oxygens (including phenoxy) is 2. The Morgan fingerprint density at radius 3 is 2.60 bits per heavy atom. The number of hydrogen-bond donors (Lipinski definition) is 1. The van der Waals surface area contributed by atoms with Gasteiger partial charge in [0.1, 0.15) is 11.5 Å². The summed E-state index contributed by atoms with van der Waals surface area (Å²) >= 11 is 0. The van der Waals surface area contributed by atoms with Crippen molar-refractivity contribution >= 4 is 23.5 Å². The van der Waals surface area contributed by atoms with Crippen LogP contribution in [-0.2, 0) is 4.74 Å². The predicted octanol–water partition coefficient (Wildman–Crippen LogP) is 2.95. The van der Waals surface area contributed by atoms with Gasteiger partial charge in [0.2, 0.25) is 0 Å². The number of carbonyl (C=O) groups excluding carboxylic acids is 1. The summed E-state index contributed by atoms with van der Waals surface area (Å²) in [6.07, 6.45) is 1.79. The fourth-order valence-electron chi connectivity index (χ4n) is 2.19. The predicted molar refractivity (Wildman–Crippen MR) is 77.1 cm³/mol. The quantitative estimate of drug-likeness (QED) is 0.671. The van der Waals surface area contributed by atoms with Crippen molar-refractivity contribution in [1.29, 1.82) is 0 Å². The fourth-order valence-corrected chi connectivity index (χ4v) is 2.19. The molecule has 1 aliphatic heterocycles. The lowest BCUT2D eigenvalue weighted by atomic mass is 10.1. The molecular weight excluding hydrogens is 254 g/mol. The molecule has 0 spiro atoms. The van der Waals surface area contributed by atoms with E-state index >= 15 is 0 Å². The Hall–Kier alpha value is -2.75. The van der Waals surface area contributed by atoms with E-state index in [0.29, 0.717) is 22.8 Å². The first-order valence-electron chi connectivity index (χ1n) is 6.16. The van der Waals surface area contributed by atoms with Crippen molar-refractivity contribution in [1.82, 2.24) is 0 Å². The van der Waals surface area contributed by atoms with Crippen molar-refractivity contribution in [3.05, 3.63) is 59.2 Å². The summed E-state index contributed by atoms with van der Waals surface area (Å²) in [7, 11) is 1.57. The summed E-state index contributed by atoms with van der Waals surface area (Å²) in [6, 6.07) is 12.7. The molecular formula is C16H13NO3. The number of nitrogens with two attached hydrogens (primary N) is 1. The lowest BCUT2D eigenvalue weighted by molar-refractivity contribution is 0.0717. The largest absolute Gasteiger partial charge is 0.495 e. The molecule has 4 heteroatoms. The smallest absolute Gasteiger partial charge is 0.344 e. The zero-order valence-electron chi connectivity index (χ0n) is 10.9. The molecule has 3 rings (SSSR count). The molecule has 0 atom stereocenters. The third-order valence-corrected chi connectivity index (χ3v) is 3.17. The van der Waals surface area contributed by atoms with Crippen LogP contribution >= 0.6 is 0 Å². The zero-order chi connectivity index (χ0) is 14.1. The van der Waals surface area contributed by atoms with Gasteiger partial charge in [0, 0.05) is 5.56 Å². The van der Waals surface area contributed by atoms with Gasteiger partial charge in [0.25, 0.3) is 0 Å². The summed E-state index contributed by atoms with van der Waals surface area (Å²) in [6.45, 7) is 0. The van der Waals surface area contributed by atoms with Crippen molar-refractivity contribution in [3.8, 4) is 5.75 Å². The molecule has 100 valence electrons. The molecule has 0 aliphatic carbocycles. The van der Waals surface area contributed by atoms with Crippen LogP contribution in [0.25, 0.3) is 11.8 Å². The van der Waals surface area contributed by atoms with E-state index < -0.39 is 0 Å². The fraction of sp³-hybridized carbons (Fsp3) is 0.0625. The first kappa shape index (κ1) is 12.3. The lowest BCUT2D eigenvalue weighted by Crippen LogP contribution is -1.93. The normalized spacial score (nSPS) is 15.1. The molecule has 0 fully saturated rings. The zero-order valence-corrected chi connectivity index (χ0v) is 10.9. The standard InChI is InChI=1S/C16H13NO3/c1-19-14-7-6-10(8-13(14)17)9-15-11-4-2-3-5-12(11)16(18)20-15/h2-9H,17H2,1H3. The first-order chi connectivity index (χ1) is 9.69. The average molecular weight is 267 g/mol. The Bertz CT molecular complexity index is 719. The average Bonchev–Trinajstić information content (AvgIpc) is 2.76. The number of fused-ring (bicyclic) bond motifs is 1. The molecule has 4 nitrogen and oxygen atoms in total.